The summed E-state index contributed by atoms with van der Waals surface area (Å²) in [4.78, 5) is 0. The molecule has 0 radical (unpaired) electrons. The van der Waals surface area contributed by atoms with E-state index in [1.807, 2.05) is 46.0 Å². The second kappa shape index (κ2) is 8.53. The summed E-state index contributed by atoms with van der Waals surface area (Å²) in [5.41, 5.74) is 0.791. The molecule has 1 aromatic rings. The Balaban J connectivity index is 2.69. The van der Waals surface area contributed by atoms with E-state index in [1.54, 1.807) is 0 Å². The first kappa shape index (κ1) is 17.3. The van der Waals surface area contributed by atoms with Gasteiger partial charge in [-0.15, -0.1) is 0 Å². The van der Waals surface area contributed by atoms with Crippen molar-refractivity contribution < 1.29 is 9.47 Å². The van der Waals surface area contributed by atoms with Gasteiger partial charge in [-0.05, 0) is 46.7 Å². The Morgan fingerprint density at radius 1 is 1.29 bits per heavy atom. The number of nitrogens with one attached hydrogen (secondary N) is 1. The smallest absolute Gasteiger partial charge is 0.165 e. The van der Waals surface area contributed by atoms with Gasteiger partial charge in [0.05, 0.1) is 24.7 Å². The molecule has 0 fully saturated rings. The molecule has 0 spiro atoms. The van der Waals surface area contributed by atoms with Gasteiger partial charge in [0.2, 0.25) is 0 Å². The Bertz CT molecular complexity index is 454. The summed E-state index contributed by atoms with van der Waals surface area (Å²) in [5, 5.41) is 12.2. The quantitative estimate of drug-likeness (QED) is 0.707. The van der Waals surface area contributed by atoms with Crippen LogP contribution in [0.15, 0.2) is 18.2 Å². The Kier molecular flexibility index (Phi) is 7.04. The third-order valence-electron chi connectivity index (χ3n) is 3.22. The maximum Gasteiger partial charge on any atom is 0.165 e. The summed E-state index contributed by atoms with van der Waals surface area (Å²) >= 11 is 0. The van der Waals surface area contributed by atoms with Crippen LogP contribution < -0.4 is 14.8 Å². The van der Waals surface area contributed by atoms with Gasteiger partial charge in [0, 0.05) is 12.1 Å². The first-order valence-corrected chi connectivity index (χ1v) is 7.47. The molecule has 21 heavy (non-hydrogen) atoms. The fourth-order valence-corrected chi connectivity index (χ4v) is 2.07. The standard InChI is InChI=1S/C17H26N2O2/c1-5-20-15-9-6-8-14(12-19-4)16(15)21-11-7-10-17(2,3)13-18/h6,8-9,19H,5,7,10-12H2,1-4H3. The van der Waals surface area contributed by atoms with Crippen LogP contribution in [0.3, 0.4) is 0 Å². The number of hydrogen-bond donors (Lipinski definition) is 1. The maximum atomic E-state index is 9.02. The van der Waals surface area contributed by atoms with E-state index in [0.717, 1.165) is 36.4 Å². The number of ether oxygens (including phenoxy) is 2. The Morgan fingerprint density at radius 2 is 2.05 bits per heavy atom. The molecule has 4 nitrogen and oxygen atoms in total. The molecule has 1 N–H and O–H groups in total. The lowest BCUT2D eigenvalue weighted by atomic mass is 9.90. The molecule has 0 heterocycles. The monoisotopic (exact) mass is 290 g/mol. The van der Waals surface area contributed by atoms with Gasteiger partial charge in [-0.2, -0.15) is 5.26 Å². The fourth-order valence-electron chi connectivity index (χ4n) is 2.07. The highest BCUT2D eigenvalue weighted by molar-refractivity contribution is 5.46. The van der Waals surface area contributed by atoms with Gasteiger partial charge in [0.15, 0.2) is 11.5 Å². The van der Waals surface area contributed by atoms with Crippen LogP contribution in [0.25, 0.3) is 0 Å². The number of nitrogens with zero attached hydrogens (tertiary/aromatic N) is 1. The van der Waals surface area contributed by atoms with E-state index in [9.17, 15) is 0 Å². The lowest BCUT2D eigenvalue weighted by Crippen LogP contribution is -2.12. The van der Waals surface area contributed by atoms with Crippen molar-refractivity contribution in [2.45, 2.75) is 40.2 Å². The first-order chi connectivity index (χ1) is 10.0. The molecule has 0 saturated heterocycles. The van der Waals surface area contributed by atoms with Crippen molar-refractivity contribution in [3.8, 4) is 17.6 Å². The van der Waals surface area contributed by atoms with Crippen molar-refractivity contribution >= 4 is 0 Å². The molecule has 0 bridgehead atoms. The van der Waals surface area contributed by atoms with Crippen LogP contribution in [0, 0.1) is 16.7 Å². The summed E-state index contributed by atoms with van der Waals surface area (Å²) in [6.45, 7) is 7.80. The third-order valence-corrected chi connectivity index (χ3v) is 3.22. The van der Waals surface area contributed by atoms with E-state index in [1.165, 1.54) is 0 Å². The van der Waals surface area contributed by atoms with Crippen molar-refractivity contribution in [3.05, 3.63) is 23.8 Å². The normalized spacial score (nSPS) is 11.0. The number of para-hydroxylation sites is 1. The zero-order chi connectivity index (χ0) is 15.7. The predicted molar refractivity (Wildman–Crippen MR) is 84.5 cm³/mol. The molecule has 1 aromatic carbocycles. The van der Waals surface area contributed by atoms with Gasteiger partial charge >= 0.3 is 0 Å². The van der Waals surface area contributed by atoms with Crippen molar-refractivity contribution in [3.63, 3.8) is 0 Å². The minimum absolute atomic E-state index is 0.295. The second-order valence-electron chi connectivity index (χ2n) is 5.66. The van der Waals surface area contributed by atoms with E-state index in [0.29, 0.717) is 13.2 Å². The van der Waals surface area contributed by atoms with E-state index < -0.39 is 0 Å². The largest absolute Gasteiger partial charge is 0.490 e. The van der Waals surface area contributed by atoms with Crippen LogP contribution in [-0.4, -0.2) is 20.3 Å². The molecular formula is C17H26N2O2. The van der Waals surface area contributed by atoms with E-state index in [-0.39, 0.29) is 5.41 Å². The van der Waals surface area contributed by atoms with E-state index >= 15 is 0 Å². The lowest BCUT2D eigenvalue weighted by molar-refractivity contribution is 0.257. The predicted octanol–water partition coefficient (Wildman–Crippen LogP) is 3.51. The lowest BCUT2D eigenvalue weighted by Gasteiger charge is -2.18. The molecule has 0 aliphatic carbocycles. The van der Waals surface area contributed by atoms with Crippen molar-refractivity contribution in [1.82, 2.24) is 5.32 Å². The van der Waals surface area contributed by atoms with Crippen molar-refractivity contribution in [1.29, 1.82) is 5.26 Å². The van der Waals surface area contributed by atoms with Gasteiger partial charge in [0.1, 0.15) is 0 Å². The van der Waals surface area contributed by atoms with E-state index in [2.05, 4.69) is 11.4 Å². The number of rotatable bonds is 9. The van der Waals surface area contributed by atoms with Crippen LogP contribution in [0.4, 0.5) is 0 Å². The Labute approximate surface area is 128 Å². The minimum atomic E-state index is -0.295. The number of hydrogen-bond acceptors (Lipinski definition) is 4. The zero-order valence-electron chi connectivity index (χ0n) is 13.5. The molecule has 4 heteroatoms. The van der Waals surface area contributed by atoms with Crippen LogP contribution >= 0.6 is 0 Å². The first-order valence-electron chi connectivity index (χ1n) is 7.47. The number of benzene rings is 1. The maximum absolute atomic E-state index is 9.02. The molecule has 116 valence electrons. The third kappa shape index (κ3) is 5.65. The molecule has 0 aromatic heterocycles. The zero-order valence-corrected chi connectivity index (χ0v) is 13.5. The van der Waals surface area contributed by atoms with Gasteiger partial charge in [0.25, 0.3) is 0 Å². The molecule has 0 aliphatic rings. The van der Waals surface area contributed by atoms with Crippen LogP contribution in [0.5, 0.6) is 11.5 Å². The van der Waals surface area contributed by atoms with Crippen LogP contribution in [0.2, 0.25) is 0 Å². The summed E-state index contributed by atoms with van der Waals surface area (Å²) in [6, 6.07) is 8.25. The molecule has 0 unspecified atom stereocenters. The molecule has 0 aliphatic heterocycles. The van der Waals surface area contributed by atoms with Gasteiger partial charge < -0.3 is 14.8 Å². The summed E-state index contributed by atoms with van der Waals surface area (Å²) in [7, 11) is 1.91. The van der Waals surface area contributed by atoms with Crippen molar-refractivity contribution in [2.24, 2.45) is 5.41 Å². The number of nitriles is 1. The van der Waals surface area contributed by atoms with Crippen molar-refractivity contribution in [2.75, 3.05) is 20.3 Å². The summed E-state index contributed by atoms with van der Waals surface area (Å²) < 4.78 is 11.6. The highest BCUT2D eigenvalue weighted by Crippen LogP contribution is 2.32. The highest BCUT2D eigenvalue weighted by atomic mass is 16.5. The SMILES string of the molecule is CCOc1cccc(CNC)c1OCCCC(C)(C)C#N. The van der Waals surface area contributed by atoms with Gasteiger partial charge in [-0.1, -0.05) is 12.1 Å². The summed E-state index contributed by atoms with van der Waals surface area (Å²) in [5.74, 6) is 1.59. The average Bonchev–Trinajstić information content (AvgIpc) is 2.46. The minimum Gasteiger partial charge on any atom is -0.490 e. The Hall–Kier alpha value is -1.73. The summed E-state index contributed by atoms with van der Waals surface area (Å²) in [6.07, 6.45) is 1.67. The second-order valence-corrected chi connectivity index (χ2v) is 5.66. The van der Waals surface area contributed by atoms with Crippen LogP contribution in [0.1, 0.15) is 39.2 Å². The molecular weight excluding hydrogens is 264 g/mol. The fraction of sp³-hybridized carbons (Fsp3) is 0.588. The van der Waals surface area contributed by atoms with Gasteiger partial charge in [-0.3, -0.25) is 0 Å². The van der Waals surface area contributed by atoms with E-state index in [4.69, 9.17) is 14.7 Å². The van der Waals surface area contributed by atoms with Gasteiger partial charge in [-0.25, -0.2) is 0 Å². The molecule has 1 rings (SSSR count). The average molecular weight is 290 g/mol. The molecule has 0 atom stereocenters. The Morgan fingerprint density at radius 3 is 2.67 bits per heavy atom. The van der Waals surface area contributed by atoms with Crippen LogP contribution in [-0.2, 0) is 6.54 Å². The molecule has 0 saturated carbocycles. The topological polar surface area (TPSA) is 54.3 Å². The highest BCUT2D eigenvalue weighted by Gasteiger charge is 2.16. The molecule has 0 amide bonds.